The van der Waals surface area contributed by atoms with E-state index >= 15 is 0 Å². The predicted octanol–water partition coefficient (Wildman–Crippen LogP) is 3.43. The first-order valence-electron chi connectivity index (χ1n) is 8.26. The van der Waals surface area contributed by atoms with Crippen molar-refractivity contribution in [2.45, 2.75) is 71.4 Å². The van der Waals surface area contributed by atoms with Gasteiger partial charge in [0, 0.05) is 24.2 Å². The molecule has 2 rings (SSSR count). The summed E-state index contributed by atoms with van der Waals surface area (Å²) in [4.78, 5) is 14.4. The van der Waals surface area contributed by atoms with E-state index in [9.17, 15) is 4.79 Å². The highest BCUT2D eigenvalue weighted by atomic mass is 16.2. The summed E-state index contributed by atoms with van der Waals surface area (Å²) in [5.74, 6) is 0.265. The minimum Gasteiger partial charge on any atom is -0.327 e. The molecule has 1 aromatic carbocycles. The van der Waals surface area contributed by atoms with Gasteiger partial charge in [0.25, 0.3) is 0 Å². The minimum atomic E-state index is 0.226. The molecule has 3 heteroatoms. The largest absolute Gasteiger partial charge is 0.327 e. The van der Waals surface area contributed by atoms with Crippen LogP contribution < -0.4 is 10.6 Å². The van der Waals surface area contributed by atoms with Crippen molar-refractivity contribution in [1.82, 2.24) is 0 Å². The molecule has 0 aromatic heterocycles. The lowest BCUT2D eigenvalue weighted by Gasteiger charge is -2.23. The van der Waals surface area contributed by atoms with E-state index in [1.165, 1.54) is 11.1 Å². The molecule has 3 nitrogen and oxygen atoms in total. The van der Waals surface area contributed by atoms with Crippen molar-refractivity contribution in [3.8, 4) is 0 Å². The first-order valence-corrected chi connectivity index (χ1v) is 8.26. The summed E-state index contributed by atoms with van der Waals surface area (Å²) in [5.41, 5.74) is 9.74. The van der Waals surface area contributed by atoms with E-state index in [0.717, 1.165) is 37.8 Å². The van der Waals surface area contributed by atoms with E-state index in [0.29, 0.717) is 6.42 Å². The molecule has 1 aromatic rings. The fraction of sp³-hybridized carbons (Fsp3) is 0.611. The van der Waals surface area contributed by atoms with E-state index in [1.54, 1.807) is 0 Å². The Kier molecular flexibility index (Phi) is 5.40. The Bertz CT molecular complexity index is 498. The number of carbonyl (C=O) groups is 1. The van der Waals surface area contributed by atoms with E-state index in [1.807, 2.05) is 4.90 Å². The van der Waals surface area contributed by atoms with Gasteiger partial charge < -0.3 is 10.6 Å². The molecule has 1 aliphatic rings. The fourth-order valence-electron chi connectivity index (χ4n) is 3.09. The average Bonchev–Trinajstić information content (AvgIpc) is 2.79. The number of hydrogen-bond acceptors (Lipinski definition) is 2. The van der Waals surface area contributed by atoms with Gasteiger partial charge in [-0.1, -0.05) is 32.4 Å². The molecule has 0 aliphatic carbocycles. The van der Waals surface area contributed by atoms with Gasteiger partial charge in [0.05, 0.1) is 0 Å². The molecule has 1 amide bonds. The third-order valence-corrected chi connectivity index (χ3v) is 4.39. The molecule has 0 saturated carbocycles. The second-order valence-electron chi connectivity index (χ2n) is 6.26. The number of nitrogens with two attached hydrogens (primary N) is 1. The topological polar surface area (TPSA) is 46.3 Å². The summed E-state index contributed by atoms with van der Waals surface area (Å²) >= 11 is 0. The van der Waals surface area contributed by atoms with Crippen LogP contribution in [0.15, 0.2) is 18.2 Å². The van der Waals surface area contributed by atoms with Crippen LogP contribution in [-0.4, -0.2) is 18.0 Å². The van der Waals surface area contributed by atoms with Crippen molar-refractivity contribution in [2.24, 2.45) is 5.73 Å². The monoisotopic (exact) mass is 288 g/mol. The molecule has 116 valence electrons. The van der Waals surface area contributed by atoms with Crippen LogP contribution in [0.2, 0.25) is 0 Å². The molecule has 0 radical (unpaired) electrons. The van der Waals surface area contributed by atoms with Crippen molar-refractivity contribution < 1.29 is 4.79 Å². The van der Waals surface area contributed by atoms with E-state index in [4.69, 9.17) is 5.73 Å². The maximum absolute atomic E-state index is 12.4. The zero-order valence-corrected chi connectivity index (χ0v) is 13.6. The van der Waals surface area contributed by atoms with Crippen molar-refractivity contribution in [2.75, 3.05) is 4.90 Å². The molecule has 2 N–H and O–H groups in total. The van der Waals surface area contributed by atoms with Crippen molar-refractivity contribution >= 4 is 11.6 Å². The number of nitrogens with zero attached hydrogens (tertiary/aromatic N) is 1. The summed E-state index contributed by atoms with van der Waals surface area (Å²) in [5, 5.41) is 0. The molecule has 2 unspecified atom stereocenters. The third-order valence-electron chi connectivity index (χ3n) is 4.39. The van der Waals surface area contributed by atoms with Gasteiger partial charge in [0.1, 0.15) is 0 Å². The lowest BCUT2D eigenvalue weighted by molar-refractivity contribution is -0.119. The molecule has 1 aliphatic heterocycles. The quantitative estimate of drug-likeness (QED) is 0.871. The van der Waals surface area contributed by atoms with Crippen molar-refractivity contribution in [1.29, 1.82) is 0 Å². The number of fused-ring (bicyclic) bond motifs is 1. The molecule has 0 fully saturated rings. The van der Waals surface area contributed by atoms with E-state index in [2.05, 4.69) is 39.0 Å². The van der Waals surface area contributed by atoms with Gasteiger partial charge in [-0.05, 0) is 49.8 Å². The molecule has 0 bridgehead atoms. The van der Waals surface area contributed by atoms with Crippen LogP contribution in [0.1, 0.15) is 57.6 Å². The lowest BCUT2D eigenvalue weighted by Crippen LogP contribution is -2.35. The maximum Gasteiger partial charge on any atom is 0.227 e. The molecule has 0 saturated heterocycles. The summed E-state index contributed by atoms with van der Waals surface area (Å²) in [6.45, 7) is 6.38. The Hall–Kier alpha value is -1.35. The van der Waals surface area contributed by atoms with E-state index in [-0.39, 0.29) is 18.0 Å². The number of amides is 1. The molecule has 1 heterocycles. The average molecular weight is 288 g/mol. The first-order chi connectivity index (χ1) is 10.1. The Morgan fingerprint density at radius 2 is 2.19 bits per heavy atom. The second kappa shape index (κ2) is 7.08. The smallest absolute Gasteiger partial charge is 0.227 e. The Labute approximate surface area is 128 Å². The summed E-state index contributed by atoms with van der Waals surface area (Å²) in [6, 6.07) is 6.99. The zero-order valence-electron chi connectivity index (χ0n) is 13.6. The highest BCUT2D eigenvalue weighted by Gasteiger charge is 2.30. The molecular weight excluding hydrogens is 260 g/mol. The SMILES string of the molecule is CCCCC(=O)N1c2ccc(CC(N)CC)cc2CC1C. The second-order valence-corrected chi connectivity index (χ2v) is 6.26. The van der Waals surface area contributed by atoms with Crippen molar-refractivity contribution in [3.63, 3.8) is 0 Å². The van der Waals surface area contributed by atoms with Crippen LogP contribution in [0.25, 0.3) is 0 Å². The van der Waals surface area contributed by atoms with Crippen molar-refractivity contribution in [3.05, 3.63) is 29.3 Å². The highest BCUT2D eigenvalue weighted by molar-refractivity contribution is 5.96. The summed E-state index contributed by atoms with van der Waals surface area (Å²) < 4.78 is 0. The Morgan fingerprint density at radius 3 is 2.86 bits per heavy atom. The Morgan fingerprint density at radius 1 is 1.43 bits per heavy atom. The Balaban J connectivity index is 2.16. The van der Waals surface area contributed by atoms with E-state index < -0.39 is 0 Å². The number of benzene rings is 1. The van der Waals surface area contributed by atoms with Crippen LogP contribution >= 0.6 is 0 Å². The molecular formula is C18H28N2O. The number of rotatable bonds is 6. The van der Waals surface area contributed by atoms with Crippen LogP contribution in [0, 0.1) is 0 Å². The summed E-state index contributed by atoms with van der Waals surface area (Å²) in [6.07, 6.45) is 5.57. The number of unbranched alkanes of at least 4 members (excludes halogenated alkanes) is 1. The maximum atomic E-state index is 12.4. The normalized spacial score (nSPS) is 18.7. The van der Waals surface area contributed by atoms with Gasteiger partial charge in [-0.15, -0.1) is 0 Å². The van der Waals surface area contributed by atoms with Gasteiger partial charge in [0.2, 0.25) is 5.91 Å². The van der Waals surface area contributed by atoms with Gasteiger partial charge in [-0.2, -0.15) is 0 Å². The number of anilines is 1. The molecule has 2 atom stereocenters. The van der Waals surface area contributed by atoms with Crippen LogP contribution in [0.5, 0.6) is 0 Å². The zero-order chi connectivity index (χ0) is 15.4. The summed E-state index contributed by atoms with van der Waals surface area (Å²) in [7, 11) is 0. The first kappa shape index (κ1) is 16.0. The predicted molar refractivity (Wildman–Crippen MR) is 88.6 cm³/mol. The number of hydrogen-bond donors (Lipinski definition) is 1. The third kappa shape index (κ3) is 3.65. The van der Waals surface area contributed by atoms with Gasteiger partial charge in [-0.3, -0.25) is 4.79 Å². The van der Waals surface area contributed by atoms with Gasteiger partial charge >= 0.3 is 0 Å². The van der Waals surface area contributed by atoms with Gasteiger partial charge in [0.15, 0.2) is 0 Å². The highest BCUT2D eigenvalue weighted by Crippen LogP contribution is 2.33. The minimum absolute atomic E-state index is 0.226. The lowest BCUT2D eigenvalue weighted by atomic mass is 10.0. The van der Waals surface area contributed by atoms with Gasteiger partial charge in [-0.25, -0.2) is 0 Å². The van der Waals surface area contributed by atoms with Crippen LogP contribution in [0.4, 0.5) is 5.69 Å². The fourth-order valence-corrected chi connectivity index (χ4v) is 3.09. The van der Waals surface area contributed by atoms with Crippen LogP contribution in [0.3, 0.4) is 0 Å². The molecule has 21 heavy (non-hydrogen) atoms. The number of carbonyl (C=O) groups excluding carboxylic acids is 1. The standard InChI is InChI=1S/C18H28N2O/c1-4-6-7-18(21)20-13(3)10-15-11-14(8-9-17(15)20)12-16(19)5-2/h8-9,11,13,16H,4-7,10,12,19H2,1-3H3. The van der Waals surface area contributed by atoms with Crippen LogP contribution in [-0.2, 0) is 17.6 Å². The molecule has 0 spiro atoms.